The van der Waals surface area contributed by atoms with E-state index in [1.54, 1.807) is 0 Å². The summed E-state index contributed by atoms with van der Waals surface area (Å²) < 4.78 is 0. The second-order valence-corrected chi connectivity index (χ2v) is 5.37. The lowest BCUT2D eigenvalue weighted by atomic mass is 9.81. The van der Waals surface area contributed by atoms with Crippen LogP contribution in [-0.2, 0) is 0 Å². The van der Waals surface area contributed by atoms with E-state index < -0.39 is 0 Å². The Balaban J connectivity index is 1.74. The summed E-state index contributed by atoms with van der Waals surface area (Å²) in [6.07, 6.45) is 6.52. The van der Waals surface area contributed by atoms with Gasteiger partial charge in [0.25, 0.3) is 5.91 Å². The van der Waals surface area contributed by atoms with Crippen molar-refractivity contribution in [2.45, 2.75) is 39.0 Å². The lowest BCUT2D eigenvalue weighted by Gasteiger charge is -2.27. The third kappa shape index (κ3) is 3.59. The number of hydrogen-bond acceptors (Lipinski definition) is 1. The first-order valence-corrected chi connectivity index (χ1v) is 7.12. The summed E-state index contributed by atoms with van der Waals surface area (Å²) in [5.41, 5.74) is 0.764. The van der Waals surface area contributed by atoms with Gasteiger partial charge in [-0.15, -0.1) is 0 Å². The van der Waals surface area contributed by atoms with Gasteiger partial charge in [0, 0.05) is 12.1 Å². The van der Waals surface area contributed by atoms with Crippen molar-refractivity contribution < 1.29 is 4.79 Å². The van der Waals surface area contributed by atoms with Gasteiger partial charge < -0.3 is 5.32 Å². The van der Waals surface area contributed by atoms with Crippen molar-refractivity contribution in [1.29, 1.82) is 0 Å². The standard InChI is InChI=1S/C16H23NO/c1-2-13-8-10-14(11-9-13)12-17-16(18)15-6-4-3-5-7-15/h3-7,13-14H,2,8-12H2,1H3,(H,17,18). The summed E-state index contributed by atoms with van der Waals surface area (Å²) >= 11 is 0. The minimum Gasteiger partial charge on any atom is -0.352 e. The molecule has 1 aromatic carbocycles. The first-order valence-electron chi connectivity index (χ1n) is 7.12. The smallest absolute Gasteiger partial charge is 0.251 e. The van der Waals surface area contributed by atoms with E-state index in [-0.39, 0.29) is 5.91 Å². The highest BCUT2D eigenvalue weighted by Crippen LogP contribution is 2.30. The Kier molecular flexibility index (Phi) is 4.80. The van der Waals surface area contributed by atoms with Crippen molar-refractivity contribution in [1.82, 2.24) is 5.32 Å². The monoisotopic (exact) mass is 245 g/mol. The summed E-state index contributed by atoms with van der Waals surface area (Å²) in [5.74, 6) is 1.67. The van der Waals surface area contributed by atoms with E-state index >= 15 is 0 Å². The van der Waals surface area contributed by atoms with Crippen LogP contribution in [0, 0.1) is 11.8 Å². The molecule has 0 atom stereocenters. The molecule has 2 rings (SSSR count). The topological polar surface area (TPSA) is 29.1 Å². The zero-order chi connectivity index (χ0) is 12.8. The number of carbonyl (C=O) groups excluding carboxylic acids is 1. The van der Waals surface area contributed by atoms with Gasteiger partial charge in [-0.2, -0.15) is 0 Å². The third-order valence-electron chi connectivity index (χ3n) is 4.13. The predicted octanol–water partition coefficient (Wildman–Crippen LogP) is 3.63. The lowest BCUT2D eigenvalue weighted by Crippen LogP contribution is -2.31. The molecule has 1 saturated carbocycles. The molecular weight excluding hydrogens is 222 g/mol. The van der Waals surface area contributed by atoms with Crippen molar-refractivity contribution in [3.63, 3.8) is 0 Å². The largest absolute Gasteiger partial charge is 0.352 e. The van der Waals surface area contributed by atoms with Crippen LogP contribution in [0.5, 0.6) is 0 Å². The fraction of sp³-hybridized carbons (Fsp3) is 0.562. The van der Waals surface area contributed by atoms with Crippen LogP contribution in [0.3, 0.4) is 0 Å². The molecular formula is C16H23NO. The van der Waals surface area contributed by atoms with Gasteiger partial charge in [0.2, 0.25) is 0 Å². The quantitative estimate of drug-likeness (QED) is 0.862. The van der Waals surface area contributed by atoms with E-state index in [9.17, 15) is 4.79 Å². The van der Waals surface area contributed by atoms with Gasteiger partial charge in [-0.1, -0.05) is 44.4 Å². The molecule has 0 spiro atoms. The molecule has 0 bridgehead atoms. The van der Waals surface area contributed by atoms with Crippen molar-refractivity contribution in [3.05, 3.63) is 35.9 Å². The van der Waals surface area contributed by atoms with Crippen LogP contribution in [-0.4, -0.2) is 12.5 Å². The van der Waals surface area contributed by atoms with Gasteiger partial charge >= 0.3 is 0 Å². The molecule has 1 aliphatic rings. The second kappa shape index (κ2) is 6.58. The van der Waals surface area contributed by atoms with Crippen LogP contribution < -0.4 is 5.32 Å². The Labute approximate surface area is 110 Å². The molecule has 1 fully saturated rings. The molecule has 0 aromatic heterocycles. The minimum atomic E-state index is 0.0632. The fourth-order valence-electron chi connectivity index (χ4n) is 2.77. The second-order valence-electron chi connectivity index (χ2n) is 5.37. The maximum atomic E-state index is 11.9. The number of rotatable bonds is 4. The zero-order valence-corrected chi connectivity index (χ0v) is 11.2. The van der Waals surface area contributed by atoms with E-state index in [1.165, 1.54) is 32.1 Å². The summed E-state index contributed by atoms with van der Waals surface area (Å²) in [6.45, 7) is 3.12. The van der Waals surface area contributed by atoms with E-state index in [4.69, 9.17) is 0 Å². The highest BCUT2D eigenvalue weighted by molar-refractivity contribution is 5.94. The van der Waals surface area contributed by atoms with Gasteiger partial charge in [-0.3, -0.25) is 4.79 Å². The molecule has 2 heteroatoms. The van der Waals surface area contributed by atoms with Crippen LogP contribution in [0.25, 0.3) is 0 Å². The molecule has 0 radical (unpaired) electrons. The molecule has 0 heterocycles. The molecule has 2 nitrogen and oxygen atoms in total. The van der Waals surface area contributed by atoms with Gasteiger partial charge in [-0.05, 0) is 36.8 Å². The maximum Gasteiger partial charge on any atom is 0.251 e. The molecule has 0 aliphatic heterocycles. The molecule has 1 aliphatic carbocycles. The average Bonchev–Trinajstić information content (AvgIpc) is 2.46. The molecule has 18 heavy (non-hydrogen) atoms. The number of amides is 1. The van der Waals surface area contributed by atoms with Gasteiger partial charge in [-0.25, -0.2) is 0 Å². The lowest BCUT2D eigenvalue weighted by molar-refractivity contribution is 0.0941. The highest BCUT2D eigenvalue weighted by atomic mass is 16.1. The predicted molar refractivity (Wildman–Crippen MR) is 74.5 cm³/mol. The summed E-state index contributed by atoms with van der Waals surface area (Å²) in [5, 5.41) is 3.06. The third-order valence-corrected chi connectivity index (χ3v) is 4.13. The summed E-state index contributed by atoms with van der Waals surface area (Å²) in [4.78, 5) is 11.9. The molecule has 1 aromatic rings. The normalized spacial score (nSPS) is 23.6. The molecule has 1 amide bonds. The zero-order valence-electron chi connectivity index (χ0n) is 11.2. The molecule has 1 N–H and O–H groups in total. The SMILES string of the molecule is CCC1CCC(CNC(=O)c2ccccc2)CC1. The average molecular weight is 245 g/mol. The summed E-state index contributed by atoms with van der Waals surface area (Å²) in [6, 6.07) is 9.47. The Bertz CT molecular complexity index is 366. The van der Waals surface area contributed by atoms with E-state index in [0.717, 1.165) is 18.0 Å². The van der Waals surface area contributed by atoms with Gasteiger partial charge in [0.05, 0.1) is 0 Å². The van der Waals surface area contributed by atoms with Crippen LogP contribution in [0.1, 0.15) is 49.4 Å². The van der Waals surface area contributed by atoms with Gasteiger partial charge in [0.1, 0.15) is 0 Å². The van der Waals surface area contributed by atoms with Crippen molar-refractivity contribution in [2.24, 2.45) is 11.8 Å². The maximum absolute atomic E-state index is 11.9. The van der Waals surface area contributed by atoms with Crippen LogP contribution in [0.4, 0.5) is 0 Å². The van der Waals surface area contributed by atoms with Crippen molar-refractivity contribution in [3.8, 4) is 0 Å². The fourth-order valence-corrected chi connectivity index (χ4v) is 2.77. The molecule has 0 saturated heterocycles. The van der Waals surface area contributed by atoms with Gasteiger partial charge in [0.15, 0.2) is 0 Å². The Morgan fingerprint density at radius 3 is 2.33 bits per heavy atom. The first-order chi connectivity index (χ1) is 8.79. The van der Waals surface area contributed by atoms with Crippen molar-refractivity contribution >= 4 is 5.91 Å². The summed E-state index contributed by atoms with van der Waals surface area (Å²) in [7, 11) is 0. The number of carbonyl (C=O) groups is 1. The highest BCUT2D eigenvalue weighted by Gasteiger charge is 2.20. The van der Waals surface area contributed by atoms with Crippen LogP contribution in [0.15, 0.2) is 30.3 Å². The molecule has 0 unspecified atom stereocenters. The van der Waals surface area contributed by atoms with E-state index in [0.29, 0.717) is 5.92 Å². The van der Waals surface area contributed by atoms with E-state index in [1.807, 2.05) is 30.3 Å². The number of hydrogen-bond donors (Lipinski definition) is 1. The molecule has 98 valence electrons. The first kappa shape index (κ1) is 13.1. The number of nitrogens with one attached hydrogen (secondary N) is 1. The van der Waals surface area contributed by atoms with Crippen molar-refractivity contribution in [2.75, 3.05) is 6.54 Å². The van der Waals surface area contributed by atoms with Crippen LogP contribution >= 0.6 is 0 Å². The number of benzene rings is 1. The minimum absolute atomic E-state index is 0.0632. The Morgan fingerprint density at radius 2 is 1.72 bits per heavy atom. The van der Waals surface area contributed by atoms with E-state index in [2.05, 4.69) is 12.2 Å². The van der Waals surface area contributed by atoms with Crippen LogP contribution in [0.2, 0.25) is 0 Å². The Morgan fingerprint density at radius 1 is 1.11 bits per heavy atom. The Hall–Kier alpha value is -1.31.